The van der Waals surface area contributed by atoms with Crippen molar-refractivity contribution in [3.63, 3.8) is 0 Å². The van der Waals surface area contributed by atoms with E-state index in [1.54, 1.807) is 25.3 Å². The smallest absolute Gasteiger partial charge is 0.257 e. The summed E-state index contributed by atoms with van der Waals surface area (Å²) < 4.78 is 10.8. The van der Waals surface area contributed by atoms with Gasteiger partial charge < -0.3 is 24.2 Å². The molecular weight excluding hydrogens is 406 g/mol. The third-order valence-electron chi connectivity index (χ3n) is 5.41. The molecule has 2 aliphatic heterocycles. The molecular formula is C21H26ClN5O3. The standard InChI is InChI=1S/C21H26ClN5O3/c1-15-13-19(25-9-11-30-12-10-25)24-21(23-15)27-7-5-26(6-8-27)20(28)17-14-16(22)3-4-18(17)29-2/h3-4,13-14H,5-12H2,1-2H3. The number of amides is 1. The Balaban J connectivity index is 1.45. The van der Waals surface area contributed by atoms with E-state index in [0.717, 1.165) is 24.6 Å². The fourth-order valence-electron chi connectivity index (χ4n) is 3.76. The first-order chi connectivity index (χ1) is 14.5. The molecule has 30 heavy (non-hydrogen) atoms. The zero-order chi connectivity index (χ0) is 21.1. The lowest BCUT2D eigenvalue weighted by Gasteiger charge is -2.35. The molecule has 2 aromatic rings. The van der Waals surface area contributed by atoms with E-state index in [-0.39, 0.29) is 5.91 Å². The Morgan fingerprint density at radius 1 is 1.03 bits per heavy atom. The highest BCUT2D eigenvalue weighted by Crippen LogP contribution is 2.25. The van der Waals surface area contributed by atoms with Crippen molar-refractivity contribution in [1.82, 2.24) is 14.9 Å². The first-order valence-corrected chi connectivity index (χ1v) is 10.5. The van der Waals surface area contributed by atoms with E-state index in [1.165, 1.54) is 0 Å². The largest absolute Gasteiger partial charge is 0.496 e. The van der Waals surface area contributed by atoms with E-state index in [1.807, 2.05) is 17.9 Å². The van der Waals surface area contributed by atoms with Crippen LogP contribution in [-0.2, 0) is 4.74 Å². The monoisotopic (exact) mass is 431 g/mol. The number of hydrogen-bond donors (Lipinski definition) is 0. The number of nitrogens with zero attached hydrogens (tertiary/aromatic N) is 5. The first-order valence-electron chi connectivity index (χ1n) is 10.1. The van der Waals surface area contributed by atoms with E-state index in [0.29, 0.717) is 61.7 Å². The van der Waals surface area contributed by atoms with E-state index in [2.05, 4.69) is 14.8 Å². The van der Waals surface area contributed by atoms with Crippen molar-refractivity contribution in [3.8, 4) is 5.75 Å². The second kappa shape index (κ2) is 9.06. The molecule has 1 amide bonds. The van der Waals surface area contributed by atoms with Crippen LogP contribution in [0.2, 0.25) is 5.02 Å². The van der Waals surface area contributed by atoms with E-state index < -0.39 is 0 Å². The maximum absolute atomic E-state index is 13.0. The number of methoxy groups -OCH3 is 1. The number of carbonyl (C=O) groups is 1. The third-order valence-corrected chi connectivity index (χ3v) is 5.64. The van der Waals surface area contributed by atoms with Gasteiger partial charge in [-0.15, -0.1) is 0 Å². The lowest BCUT2D eigenvalue weighted by Crippen LogP contribution is -2.49. The highest BCUT2D eigenvalue weighted by atomic mass is 35.5. The maximum atomic E-state index is 13.0. The Bertz CT molecular complexity index is 912. The molecule has 8 nitrogen and oxygen atoms in total. The summed E-state index contributed by atoms with van der Waals surface area (Å²) in [5.41, 5.74) is 1.42. The molecule has 0 N–H and O–H groups in total. The number of halogens is 1. The van der Waals surface area contributed by atoms with Crippen LogP contribution in [0.25, 0.3) is 0 Å². The summed E-state index contributed by atoms with van der Waals surface area (Å²) in [6.45, 7) is 7.58. The van der Waals surface area contributed by atoms with Gasteiger partial charge in [0.05, 0.1) is 25.9 Å². The van der Waals surface area contributed by atoms with Gasteiger partial charge in [-0.1, -0.05) is 11.6 Å². The van der Waals surface area contributed by atoms with Crippen molar-refractivity contribution in [3.05, 3.63) is 40.5 Å². The van der Waals surface area contributed by atoms with Crippen LogP contribution in [0.1, 0.15) is 16.1 Å². The number of morpholine rings is 1. The van der Waals surface area contributed by atoms with Crippen LogP contribution in [0.3, 0.4) is 0 Å². The van der Waals surface area contributed by atoms with Gasteiger partial charge in [0, 0.05) is 56.1 Å². The number of aryl methyl sites for hydroxylation is 1. The molecule has 1 aromatic carbocycles. The number of ether oxygens (including phenoxy) is 2. The minimum Gasteiger partial charge on any atom is -0.496 e. The van der Waals surface area contributed by atoms with Gasteiger partial charge in [-0.2, -0.15) is 4.98 Å². The van der Waals surface area contributed by atoms with Crippen molar-refractivity contribution in [2.75, 3.05) is 69.4 Å². The second-order valence-electron chi connectivity index (χ2n) is 7.39. The SMILES string of the molecule is COc1ccc(Cl)cc1C(=O)N1CCN(c2nc(C)cc(N3CCOCC3)n2)CC1. The van der Waals surface area contributed by atoms with Gasteiger partial charge in [0.15, 0.2) is 0 Å². The van der Waals surface area contributed by atoms with Crippen molar-refractivity contribution in [2.24, 2.45) is 0 Å². The summed E-state index contributed by atoms with van der Waals surface area (Å²) in [4.78, 5) is 28.6. The summed E-state index contributed by atoms with van der Waals surface area (Å²) in [7, 11) is 1.55. The van der Waals surface area contributed by atoms with Crippen LogP contribution in [0.4, 0.5) is 11.8 Å². The van der Waals surface area contributed by atoms with E-state index >= 15 is 0 Å². The van der Waals surface area contributed by atoms with Crippen molar-refractivity contribution in [1.29, 1.82) is 0 Å². The van der Waals surface area contributed by atoms with E-state index in [4.69, 9.17) is 26.1 Å². The molecule has 4 rings (SSSR count). The van der Waals surface area contributed by atoms with Crippen LogP contribution in [0.15, 0.2) is 24.3 Å². The van der Waals surface area contributed by atoms with Gasteiger partial charge in [0.1, 0.15) is 11.6 Å². The number of carbonyl (C=O) groups excluding carboxylic acids is 1. The Hall–Kier alpha value is -2.58. The summed E-state index contributed by atoms with van der Waals surface area (Å²) in [5.74, 6) is 2.10. The Labute approximate surface area is 181 Å². The summed E-state index contributed by atoms with van der Waals surface area (Å²) in [6.07, 6.45) is 0. The Kier molecular flexibility index (Phi) is 6.24. The Morgan fingerprint density at radius 2 is 1.77 bits per heavy atom. The molecule has 0 spiro atoms. The molecule has 9 heteroatoms. The molecule has 160 valence electrons. The maximum Gasteiger partial charge on any atom is 0.257 e. The molecule has 2 saturated heterocycles. The molecule has 0 aliphatic carbocycles. The number of rotatable bonds is 4. The molecule has 0 saturated carbocycles. The van der Waals surface area contributed by atoms with E-state index in [9.17, 15) is 4.79 Å². The van der Waals surface area contributed by atoms with Gasteiger partial charge in [-0.25, -0.2) is 4.98 Å². The third kappa shape index (κ3) is 4.44. The summed E-state index contributed by atoms with van der Waals surface area (Å²) in [6, 6.07) is 7.11. The predicted molar refractivity (Wildman–Crippen MR) is 116 cm³/mol. The zero-order valence-electron chi connectivity index (χ0n) is 17.3. The van der Waals surface area contributed by atoms with Gasteiger partial charge in [-0.3, -0.25) is 4.79 Å². The molecule has 2 aliphatic rings. The van der Waals surface area contributed by atoms with Crippen molar-refractivity contribution >= 4 is 29.3 Å². The number of piperazine rings is 1. The Morgan fingerprint density at radius 3 is 2.47 bits per heavy atom. The highest BCUT2D eigenvalue weighted by Gasteiger charge is 2.26. The number of aromatic nitrogens is 2. The van der Waals surface area contributed by atoms with Crippen LogP contribution in [0.5, 0.6) is 5.75 Å². The quantitative estimate of drug-likeness (QED) is 0.735. The minimum absolute atomic E-state index is 0.0758. The van der Waals surface area contributed by atoms with Crippen LogP contribution in [0, 0.1) is 6.92 Å². The molecule has 2 fully saturated rings. The molecule has 0 unspecified atom stereocenters. The lowest BCUT2D eigenvalue weighted by molar-refractivity contribution is 0.0743. The molecule has 1 aromatic heterocycles. The average Bonchev–Trinajstić information content (AvgIpc) is 2.79. The fourth-order valence-corrected chi connectivity index (χ4v) is 3.93. The van der Waals surface area contributed by atoms with Crippen LogP contribution >= 0.6 is 11.6 Å². The van der Waals surface area contributed by atoms with Gasteiger partial charge in [0.25, 0.3) is 5.91 Å². The minimum atomic E-state index is -0.0758. The predicted octanol–water partition coefficient (Wildman–Crippen LogP) is 2.25. The topological polar surface area (TPSA) is 71.0 Å². The molecule has 3 heterocycles. The molecule has 0 atom stereocenters. The summed E-state index contributed by atoms with van der Waals surface area (Å²) >= 11 is 6.09. The zero-order valence-corrected chi connectivity index (χ0v) is 18.1. The van der Waals surface area contributed by atoms with Gasteiger partial charge in [-0.05, 0) is 25.1 Å². The lowest BCUT2D eigenvalue weighted by atomic mass is 10.1. The number of hydrogen-bond acceptors (Lipinski definition) is 7. The first kappa shape index (κ1) is 20.7. The van der Waals surface area contributed by atoms with Crippen LogP contribution < -0.4 is 14.5 Å². The molecule has 0 radical (unpaired) electrons. The van der Waals surface area contributed by atoms with Gasteiger partial charge >= 0.3 is 0 Å². The highest BCUT2D eigenvalue weighted by molar-refractivity contribution is 6.31. The van der Waals surface area contributed by atoms with Crippen LogP contribution in [-0.4, -0.2) is 80.4 Å². The molecule has 0 bridgehead atoms. The van der Waals surface area contributed by atoms with Gasteiger partial charge in [0.2, 0.25) is 5.95 Å². The second-order valence-corrected chi connectivity index (χ2v) is 7.83. The average molecular weight is 432 g/mol. The summed E-state index contributed by atoms with van der Waals surface area (Å²) in [5, 5.41) is 0.515. The fraction of sp³-hybridized carbons (Fsp3) is 0.476. The number of benzene rings is 1. The van der Waals surface area contributed by atoms with Crippen molar-refractivity contribution in [2.45, 2.75) is 6.92 Å². The number of anilines is 2. The normalized spacial score (nSPS) is 17.2. The van der Waals surface area contributed by atoms with Crippen molar-refractivity contribution < 1.29 is 14.3 Å².